The topological polar surface area (TPSA) is 31.1 Å². The van der Waals surface area contributed by atoms with Gasteiger partial charge in [-0.25, -0.2) is 0 Å². The van der Waals surface area contributed by atoms with E-state index < -0.39 is 0 Å². The van der Waals surface area contributed by atoms with Gasteiger partial charge in [-0.15, -0.1) is 0 Å². The van der Waals surface area contributed by atoms with Crippen LogP contribution >= 0.6 is 0 Å². The van der Waals surface area contributed by atoms with Crippen molar-refractivity contribution in [2.45, 2.75) is 31.8 Å². The van der Waals surface area contributed by atoms with E-state index in [0.29, 0.717) is 0 Å². The van der Waals surface area contributed by atoms with E-state index in [1.807, 2.05) is 0 Å². The monoisotopic (exact) mass is 257 g/mol. The summed E-state index contributed by atoms with van der Waals surface area (Å²) in [5.74, 6) is 0. The lowest BCUT2D eigenvalue weighted by atomic mass is 10.1. The Balaban J connectivity index is 1.57. The van der Waals surface area contributed by atoms with Crippen molar-refractivity contribution >= 4 is 10.9 Å². The van der Waals surface area contributed by atoms with E-state index >= 15 is 0 Å². The molecule has 102 valence electrons. The molecule has 1 aromatic heterocycles. The molecule has 2 aromatic rings. The van der Waals surface area contributed by atoms with Gasteiger partial charge in [-0.3, -0.25) is 0 Å². The highest BCUT2D eigenvalue weighted by Crippen LogP contribution is 2.19. The number of aromatic amines is 1. The minimum atomic E-state index is 0.741. The molecule has 0 saturated carbocycles. The summed E-state index contributed by atoms with van der Waals surface area (Å²) in [4.78, 5) is 5.78. The van der Waals surface area contributed by atoms with Crippen molar-refractivity contribution in [3.05, 3.63) is 36.0 Å². The highest BCUT2D eigenvalue weighted by molar-refractivity contribution is 5.82. The smallest absolute Gasteiger partial charge is 0.0457 e. The quantitative estimate of drug-likeness (QED) is 0.863. The number of nitrogens with zero attached hydrogens (tertiary/aromatic N) is 1. The van der Waals surface area contributed by atoms with Crippen molar-refractivity contribution in [3.63, 3.8) is 0 Å². The maximum absolute atomic E-state index is 3.57. The molecular weight excluding hydrogens is 234 g/mol. The van der Waals surface area contributed by atoms with E-state index in [2.05, 4.69) is 52.7 Å². The predicted molar refractivity (Wildman–Crippen MR) is 80.3 cm³/mol. The first-order valence-electron chi connectivity index (χ1n) is 7.30. The van der Waals surface area contributed by atoms with Crippen LogP contribution in [-0.4, -0.2) is 36.1 Å². The second kappa shape index (κ2) is 5.76. The third-order valence-electron chi connectivity index (χ3n) is 4.14. The van der Waals surface area contributed by atoms with Crippen molar-refractivity contribution in [3.8, 4) is 0 Å². The Kier molecular flexibility index (Phi) is 3.85. The van der Waals surface area contributed by atoms with E-state index in [1.165, 1.54) is 42.3 Å². The Labute approximate surface area is 115 Å². The first-order chi connectivity index (χ1) is 9.33. The standard InChI is InChI=1S/C16H23N3/c1-19(10-8-14-5-4-9-17-14)12-13-11-18-16-7-3-2-6-15(13)16/h2-3,6-7,11,14,17-18H,4-5,8-10,12H2,1H3. The fourth-order valence-corrected chi connectivity index (χ4v) is 3.01. The number of fused-ring (bicyclic) bond motifs is 1. The highest BCUT2D eigenvalue weighted by Gasteiger charge is 2.14. The fraction of sp³-hybridized carbons (Fsp3) is 0.500. The summed E-state index contributed by atoms with van der Waals surface area (Å²) in [6.45, 7) is 3.39. The van der Waals surface area contributed by atoms with Crippen LogP contribution in [0.5, 0.6) is 0 Å². The molecule has 1 aliphatic rings. The van der Waals surface area contributed by atoms with Crippen molar-refractivity contribution in [2.24, 2.45) is 0 Å². The van der Waals surface area contributed by atoms with Crippen molar-refractivity contribution in [2.75, 3.05) is 20.1 Å². The summed E-state index contributed by atoms with van der Waals surface area (Å²) < 4.78 is 0. The van der Waals surface area contributed by atoms with Gasteiger partial charge in [0, 0.05) is 29.7 Å². The van der Waals surface area contributed by atoms with Gasteiger partial charge in [0.15, 0.2) is 0 Å². The Morgan fingerprint density at radius 1 is 1.32 bits per heavy atom. The van der Waals surface area contributed by atoms with Gasteiger partial charge in [0.2, 0.25) is 0 Å². The van der Waals surface area contributed by atoms with Gasteiger partial charge >= 0.3 is 0 Å². The molecule has 0 spiro atoms. The van der Waals surface area contributed by atoms with Crippen LogP contribution in [0.3, 0.4) is 0 Å². The molecule has 1 atom stereocenters. The zero-order valence-corrected chi connectivity index (χ0v) is 11.7. The minimum absolute atomic E-state index is 0.741. The van der Waals surface area contributed by atoms with Crippen LogP contribution in [0.4, 0.5) is 0 Å². The van der Waals surface area contributed by atoms with Gasteiger partial charge in [-0.2, -0.15) is 0 Å². The molecule has 3 nitrogen and oxygen atoms in total. The molecule has 3 heteroatoms. The lowest BCUT2D eigenvalue weighted by molar-refractivity contribution is 0.306. The molecule has 3 rings (SSSR count). The summed E-state index contributed by atoms with van der Waals surface area (Å²) in [5.41, 5.74) is 2.64. The van der Waals surface area contributed by atoms with Gasteiger partial charge in [-0.05, 0) is 51.0 Å². The van der Waals surface area contributed by atoms with Crippen molar-refractivity contribution in [1.82, 2.24) is 15.2 Å². The molecule has 0 radical (unpaired) electrons. The normalized spacial score (nSPS) is 19.6. The molecule has 2 heterocycles. The van der Waals surface area contributed by atoms with E-state index in [0.717, 1.165) is 19.1 Å². The fourth-order valence-electron chi connectivity index (χ4n) is 3.01. The highest BCUT2D eigenvalue weighted by atomic mass is 15.1. The van der Waals surface area contributed by atoms with Gasteiger partial charge in [0.05, 0.1) is 0 Å². The maximum atomic E-state index is 3.57. The SMILES string of the molecule is CN(CCC1CCCN1)Cc1c[nH]c2ccccc12. The Bertz CT molecular complexity index is 526. The van der Waals surface area contributed by atoms with Gasteiger partial charge in [-0.1, -0.05) is 18.2 Å². The molecule has 2 N–H and O–H groups in total. The molecule has 1 unspecified atom stereocenters. The van der Waals surface area contributed by atoms with Crippen LogP contribution in [0.2, 0.25) is 0 Å². The van der Waals surface area contributed by atoms with Crippen LogP contribution in [0.15, 0.2) is 30.5 Å². The van der Waals surface area contributed by atoms with Gasteiger partial charge in [0.25, 0.3) is 0 Å². The van der Waals surface area contributed by atoms with Crippen LogP contribution in [0.25, 0.3) is 10.9 Å². The molecule has 1 aromatic carbocycles. The third-order valence-corrected chi connectivity index (χ3v) is 4.14. The first-order valence-corrected chi connectivity index (χ1v) is 7.30. The molecule has 0 aliphatic carbocycles. The third kappa shape index (κ3) is 2.99. The predicted octanol–water partition coefficient (Wildman–Crippen LogP) is 2.74. The molecule has 1 aliphatic heterocycles. The molecule has 19 heavy (non-hydrogen) atoms. The van der Waals surface area contributed by atoms with E-state index in [-0.39, 0.29) is 0 Å². The average Bonchev–Trinajstić information content (AvgIpc) is 3.07. The van der Waals surface area contributed by atoms with Crippen LogP contribution < -0.4 is 5.32 Å². The largest absolute Gasteiger partial charge is 0.361 e. The number of nitrogens with one attached hydrogen (secondary N) is 2. The summed E-state index contributed by atoms with van der Waals surface area (Å²) in [5, 5.41) is 4.92. The minimum Gasteiger partial charge on any atom is -0.361 e. The molecular formula is C16H23N3. The molecule has 0 bridgehead atoms. The van der Waals surface area contributed by atoms with Crippen LogP contribution in [0.1, 0.15) is 24.8 Å². The number of rotatable bonds is 5. The lowest BCUT2D eigenvalue weighted by Gasteiger charge is -2.18. The second-order valence-corrected chi connectivity index (χ2v) is 5.68. The molecule has 1 fully saturated rings. The number of H-pyrrole nitrogens is 1. The first kappa shape index (κ1) is 12.7. The van der Waals surface area contributed by atoms with E-state index in [9.17, 15) is 0 Å². The Morgan fingerprint density at radius 3 is 3.05 bits per heavy atom. The van der Waals surface area contributed by atoms with Gasteiger partial charge < -0.3 is 15.2 Å². The average molecular weight is 257 g/mol. The van der Waals surface area contributed by atoms with Gasteiger partial charge in [0.1, 0.15) is 0 Å². The van der Waals surface area contributed by atoms with Crippen LogP contribution in [-0.2, 0) is 6.54 Å². The number of benzene rings is 1. The molecule has 1 saturated heterocycles. The summed E-state index contributed by atoms with van der Waals surface area (Å²) >= 11 is 0. The maximum Gasteiger partial charge on any atom is 0.0457 e. The Hall–Kier alpha value is -1.32. The lowest BCUT2D eigenvalue weighted by Crippen LogP contribution is -2.28. The van der Waals surface area contributed by atoms with Crippen LogP contribution in [0, 0.1) is 0 Å². The number of hydrogen-bond donors (Lipinski definition) is 2. The zero-order chi connectivity index (χ0) is 13.1. The second-order valence-electron chi connectivity index (χ2n) is 5.68. The summed E-state index contributed by atoms with van der Waals surface area (Å²) in [7, 11) is 2.22. The zero-order valence-electron chi connectivity index (χ0n) is 11.7. The Morgan fingerprint density at radius 2 is 2.21 bits per heavy atom. The number of para-hydroxylation sites is 1. The number of aromatic nitrogens is 1. The summed E-state index contributed by atoms with van der Waals surface area (Å²) in [6.07, 6.45) is 6.10. The van der Waals surface area contributed by atoms with Crippen molar-refractivity contribution < 1.29 is 0 Å². The van der Waals surface area contributed by atoms with E-state index in [1.54, 1.807) is 0 Å². The van der Waals surface area contributed by atoms with Crippen molar-refractivity contribution in [1.29, 1.82) is 0 Å². The number of hydrogen-bond acceptors (Lipinski definition) is 2. The summed E-state index contributed by atoms with van der Waals surface area (Å²) in [6, 6.07) is 9.28. The van der Waals surface area contributed by atoms with E-state index in [4.69, 9.17) is 0 Å². The molecule has 0 amide bonds.